The van der Waals surface area contributed by atoms with Crippen LogP contribution < -0.4 is 9.74 Å². The van der Waals surface area contributed by atoms with Crippen LogP contribution in [-0.2, 0) is 5.41 Å². The van der Waals surface area contributed by atoms with Gasteiger partial charge in [0.15, 0.2) is 5.16 Å². The summed E-state index contributed by atoms with van der Waals surface area (Å²) < 4.78 is 4.78. The second-order valence-corrected chi connectivity index (χ2v) is 5.05. The summed E-state index contributed by atoms with van der Waals surface area (Å²) in [5.74, 6) is 0. The van der Waals surface area contributed by atoms with Crippen LogP contribution in [0.15, 0.2) is 41.2 Å². The van der Waals surface area contributed by atoms with Crippen molar-refractivity contribution < 1.29 is 14.4 Å². The van der Waals surface area contributed by atoms with Crippen LogP contribution in [0.3, 0.4) is 0 Å². The molecule has 1 aromatic carbocycles. The fraction of sp³-hybridized carbons (Fsp3) is 0.429. The van der Waals surface area contributed by atoms with E-state index >= 15 is 0 Å². The molecule has 1 aromatic heterocycles. The van der Waals surface area contributed by atoms with Crippen LogP contribution in [-0.4, -0.2) is 12.3 Å². The van der Waals surface area contributed by atoms with E-state index in [1.54, 1.807) is 13.3 Å². The number of aryl methyl sites for hydroxylation is 1. The fourth-order valence-corrected chi connectivity index (χ4v) is 1.34. The van der Waals surface area contributed by atoms with Gasteiger partial charge in [0, 0.05) is 5.41 Å². The smallest absolute Gasteiger partial charge is 0.247 e. The van der Waals surface area contributed by atoms with Gasteiger partial charge in [-0.2, -0.15) is 0 Å². The summed E-state index contributed by atoms with van der Waals surface area (Å²) in [4.78, 5) is 6.20. The Morgan fingerprint density at radius 1 is 1.17 bits per heavy atom. The molecule has 0 atom stereocenters. The standard InChI is InChI=1S/C7H13N2O2.C7H8/c1-7(2,3)6-5-8-11-9(6)10-4;1-7-5-3-2-4-6-7/h5H,1-4H3;2-6H,1H3/q+1;. The lowest BCUT2D eigenvalue weighted by atomic mass is 9.93. The second-order valence-electron chi connectivity index (χ2n) is 5.05. The zero-order valence-electron chi connectivity index (χ0n) is 11.7. The number of hydrogen-bond donors (Lipinski definition) is 0. The van der Waals surface area contributed by atoms with Crippen LogP contribution in [0.1, 0.15) is 32.0 Å². The SMILES string of the molecule is CO[n+]1oncc1C(C)(C)C.Cc1ccccc1. The van der Waals surface area contributed by atoms with Gasteiger partial charge in [0.2, 0.25) is 11.9 Å². The van der Waals surface area contributed by atoms with Crippen molar-refractivity contribution in [2.24, 2.45) is 0 Å². The first-order valence-corrected chi connectivity index (χ1v) is 5.89. The van der Waals surface area contributed by atoms with Crippen LogP contribution in [0.2, 0.25) is 0 Å². The van der Waals surface area contributed by atoms with Crippen molar-refractivity contribution in [1.82, 2.24) is 5.16 Å². The summed E-state index contributed by atoms with van der Waals surface area (Å²) in [5.41, 5.74) is 2.23. The molecule has 2 rings (SSSR count). The van der Waals surface area contributed by atoms with Crippen molar-refractivity contribution in [3.8, 4) is 0 Å². The van der Waals surface area contributed by atoms with Crippen molar-refractivity contribution in [3.05, 3.63) is 47.8 Å². The molecule has 0 radical (unpaired) electrons. The van der Waals surface area contributed by atoms with Crippen molar-refractivity contribution in [3.63, 3.8) is 0 Å². The molecule has 0 aliphatic rings. The van der Waals surface area contributed by atoms with E-state index in [1.807, 2.05) is 18.2 Å². The van der Waals surface area contributed by atoms with E-state index in [9.17, 15) is 0 Å². The minimum atomic E-state index is -0.00396. The van der Waals surface area contributed by atoms with E-state index < -0.39 is 0 Å². The van der Waals surface area contributed by atoms with Crippen molar-refractivity contribution in [2.75, 3.05) is 7.11 Å². The predicted molar refractivity (Wildman–Crippen MR) is 69.1 cm³/mol. The lowest BCUT2D eigenvalue weighted by Gasteiger charge is -2.10. The van der Waals surface area contributed by atoms with Crippen LogP contribution in [0.25, 0.3) is 0 Å². The van der Waals surface area contributed by atoms with Gasteiger partial charge in [0.1, 0.15) is 12.0 Å². The molecule has 0 aliphatic carbocycles. The van der Waals surface area contributed by atoms with E-state index in [1.165, 1.54) is 10.5 Å². The molecule has 0 unspecified atom stereocenters. The van der Waals surface area contributed by atoms with Crippen LogP contribution in [0, 0.1) is 6.92 Å². The summed E-state index contributed by atoms with van der Waals surface area (Å²) >= 11 is 0. The molecule has 0 amide bonds. The Morgan fingerprint density at radius 2 is 1.78 bits per heavy atom. The highest BCUT2D eigenvalue weighted by atomic mass is 16.8. The van der Waals surface area contributed by atoms with Crippen LogP contribution >= 0.6 is 0 Å². The van der Waals surface area contributed by atoms with Crippen LogP contribution in [0.5, 0.6) is 0 Å². The van der Waals surface area contributed by atoms with Crippen molar-refractivity contribution >= 4 is 0 Å². The van der Waals surface area contributed by atoms with E-state index in [4.69, 9.17) is 9.47 Å². The molecule has 2 aromatic rings. The van der Waals surface area contributed by atoms with Gasteiger partial charge < -0.3 is 4.84 Å². The first kappa shape index (κ1) is 14.2. The lowest BCUT2D eigenvalue weighted by Crippen LogP contribution is -2.45. The highest BCUT2D eigenvalue weighted by Crippen LogP contribution is 2.16. The molecular weight excluding hydrogens is 228 g/mol. The minimum Gasteiger partial charge on any atom is -0.305 e. The summed E-state index contributed by atoms with van der Waals surface area (Å²) in [5, 5.41) is 3.62. The molecule has 0 spiro atoms. The van der Waals surface area contributed by atoms with E-state index in [0.717, 1.165) is 5.69 Å². The summed E-state index contributed by atoms with van der Waals surface area (Å²) in [6.07, 6.45) is 1.66. The van der Waals surface area contributed by atoms with E-state index in [2.05, 4.69) is 45.0 Å². The maximum atomic E-state index is 4.90. The molecule has 1 heterocycles. The molecule has 0 saturated carbocycles. The molecular formula is C14H21N2O2+. The van der Waals surface area contributed by atoms with Gasteiger partial charge in [0.25, 0.3) is 0 Å². The van der Waals surface area contributed by atoms with Gasteiger partial charge in [0.05, 0.1) is 0 Å². The van der Waals surface area contributed by atoms with Gasteiger partial charge in [-0.25, -0.2) is 0 Å². The van der Waals surface area contributed by atoms with Gasteiger partial charge in [-0.1, -0.05) is 56.7 Å². The molecule has 0 aliphatic heterocycles. The van der Waals surface area contributed by atoms with E-state index in [0.29, 0.717) is 0 Å². The summed E-state index contributed by atoms with van der Waals surface area (Å²) in [6.45, 7) is 8.28. The summed E-state index contributed by atoms with van der Waals surface area (Å²) in [7, 11) is 1.54. The number of rotatable bonds is 1. The average Bonchev–Trinajstić information content (AvgIpc) is 2.78. The number of hydrogen-bond acceptors (Lipinski definition) is 3. The third-order valence-electron chi connectivity index (χ3n) is 2.37. The highest BCUT2D eigenvalue weighted by Gasteiger charge is 2.28. The number of aromatic nitrogens is 2. The third-order valence-corrected chi connectivity index (χ3v) is 2.37. The second kappa shape index (κ2) is 6.19. The van der Waals surface area contributed by atoms with Crippen molar-refractivity contribution in [1.29, 1.82) is 0 Å². The Kier molecular flexibility index (Phi) is 4.89. The Hall–Kier alpha value is -1.84. The molecule has 0 bridgehead atoms. The first-order chi connectivity index (χ1) is 8.45. The van der Waals surface area contributed by atoms with Crippen LogP contribution in [0.4, 0.5) is 0 Å². The normalized spacial score (nSPS) is 10.5. The molecule has 4 nitrogen and oxygen atoms in total. The Bertz CT molecular complexity index is 458. The maximum Gasteiger partial charge on any atom is 0.247 e. The molecule has 18 heavy (non-hydrogen) atoms. The molecule has 98 valence electrons. The highest BCUT2D eigenvalue weighted by molar-refractivity contribution is 5.11. The Balaban J connectivity index is 0.000000199. The maximum absolute atomic E-state index is 4.90. The molecule has 4 heteroatoms. The average molecular weight is 249 g/mol. The Labute approximate surface area is 108 Å². The van der Waals surface area contributed by atoms with Gasteiger partial charge >= 0.3 is 0 Å². The fourth-order valence-electron chi connectivity index (χ4n) is 1.34. The molecule has 0 fully saturated rings. The third kappa shape index (κ3) is 4.20. The predicted octanol–water partition coefficient (Wildman–Crippen LogP) is 2.31. The zero-order chi connectivity index (χ0) is 13.6. The van der Waals surface area contributed by atoms with E-state index in [-0.39, 0.29) is 5.41 Å². The topological polar surface area (TPSA) is 39.1 Å². The monoisotopic (exact) mass is 249 g/mol. The molecule has 0 N–H and O–H groups in total. The summed E-state index contributed by atoms with van der Waals surface area (Å²) in [6, 6.07) is 10.3. The van der Waals surface area contributed by atoms with Crippen molar-refractivity contribution in [2.45, 2.75) is 33.1 Å². The number of benzene rings is 1. The van der Waals surface area contributed by atoms with Gasteiger partial charge in [-0.15, -0.1) is 0 Å². The number of nitrogens with zero attached hydrogens (tertiary/aromatic N) is 2. The minimum absolute atomic E-state index is 0.00396. The molecule has 0 saturated heterocycles. The van der Waals surface area contributed by atoms with Gasteiger partial charge in [-0.3, -0.25) is 0 Å². The van der Waals surface area contributed by atoms with Gasteiger partial charge in [-0.05, 0) is 11.6 Å². The zero-order valence-corrected chi connectivity index (χ0v) is 11.7. The Morgan fingerprint density at radius 3 is 2.11 bits per heavy atom. The first-order valence-electron chi connectivity index (χ1n) is 5.89. The lowest BCUT2D eigenvalue weighted by molar-refractivity contribution is -1.03. The quantitative estimate of drug-likeness (QED) is 0.778. The largest absolute Gasteiger partial charge is 0.305 e.